The molecule has 2 heterocycles. The lowest BCUT2D eigenvalue weighted by atomic mass is 9.56. The monoisotopic (exact) mass is 480 g/mol. The predicted molar refractivity (Wildman–Crippen MR) is 111 cm³/mol. The van der Waals surface area contributed by atoms with Crippen molar-refractivity contribution in [2.75, 3.05) is 14.1 Å². The van der Waals surface area contributed by atoms with Gasteiger partial charge in [0.1, 0.15) is 0 Å². The first-order valence-corrected chi connectivity index (χ1v) is 10.9. The van der Waals surface area contributed by atoms with Gasteiger partial charge in [0.05, 0.1) is 11.8 Å². The number of hydrogen-bond acceptors (Lipinski definition) is 5. The van der Waals surface area contributed by atoms with Crippen molar-refractivity contribution in [2.45, 2.75) is 28.5 Å². The number of nitrogens with zero attached hydrogens (tertiary/aromatic N) is 2. The molecular formula is C22H19Cl2FN2O5. The lowest BCUT2D eigenvalue weighted by Crippen LogP contribution is -2.60. The lowest BCUT2D eigenvalue weighted by Gasteiger charge is -2.50. The fourth-order valence-corrected chi connectivity index (χ4v) is 7.00. The SMILES string of the molecule is CN1C(=O)[C@H]2[C@H](CC=C3[C@H]2C[C@@]2(Cl)C(=O)N(C)C(=O)[C@@]2(Cl)[C@H]3c2ccc(O)c(F)c2)C1=O. The van der Waals surface area contributed by atoms with E-state index in [1.165, 1.54) is 20.2 Å². The summed E-state index contributed by atoms with van der Waals surface area (Å²) in [6.07, 6.45) is 1.91. The maximum Gasteiger partial charge on any atom is 0.253 e. The van der Waals surface area contributed by atoms with E-state index in [2.05, 4.69) is 0 Å². The molecule has 0 unspecified atom stereocenters. The zero-order valence-corrected chi connectivity index (χ0v) is 18.7. The molecule has 0 spiro atoms. The summed E-state index contributed by atoms with van der Waals surface area (Å²) >= 11 is 13.8. The van der Waals surface area contributed by atoms with Crippen molar-refractivity contribution in [3.63, 3.8) is 0 Å². The van der Waals surface area contributed by atoms with Crippen LogP contribution in [0.2, 0.25) is 0 Å². The van der Waals surface area contributed by atoms with E-state index >= 15 is 0 Å². The third kappa shape index (κ3) is 2.32. The average molecular weight is 481 g/mol. The van der Waals surface area contributed by atoms with Crippen LogP contribution in [0.3, 0.4) is 0 Å². The molecule has 2 saturated heterocycles. The Labute approximate surface area is 192 Å². The number of halogens is 3. The van der Waals surface area contributed by atoms with E-state index < -0.39 is 56.8 Å². The van der Waals surface area contributed by atoms with Crippen LogP contribution in [0, 0.1) is 23.6 Å². The maximum atomic E-state index is 14.3. The van der Waals surface area contributed by atoms with Gasteiger partial charge in [-0.25, -0.2) is 4.39 Å². The quantitative estimate of drug-likeness (QED) is 0.377. The lowest BCUT2D eigenvalue weighted by molar-refractivity contribution is -0.140. The van der Waals surface area contributed by atoms with Crippen molar-refractivity contribution >= 4 is 46.8 Å². The highest BCUT2D eigenvalue weighted by atomic mass is 35.5. The maximum absolute atomic E-state index is 14.3. The van der Waals surface area contributed by atoms with Crippen molar-refractivity contribution in [2.24, 2.45) is 17.8 Å². The molecule has 1 aromatic carbocycles. The Morgan fingerprint density at radius 3 is 2.38 bits per heavy atom. The number of phenols is 1. The number of benzene rings is 1. The van der Waals surface area contributed by atoms with Crippen molar-refractivity contribution in [3.8, 4) is 5.75 Å². The van der Waals surface area contributed by atoms with E-state index in [4.69, 9.17) is 23.2 Å². The number of rotatable bonds is 1. The molecule has 5 rings (SSSR count). The molecule has 0 aromatic heterocycles. The molecule has 2 aliphatic heterocycles. The Morgan fingerprint density at radius 1 is 1.03 bits per heavy atom. The van der Waals surface area contributed by atoms with Crippen LogP contribution in [0.4, 0.5) is 4.39 Å². The second kappa shape index (κ2) is 6.54. The number of amides is 4. The molecule has 1 N–H and O–H groups in total. The fraction of sp³-hybridized carbons (Fsp3) is 0.455. The molecule has 32 heavy (non-hydrogen) atoms. The van der Waals surface area contributed by atoms with E-state index in [-0.39, 0.29) is 30.2 Å². The van der Waals surface area contributed by atoms with Crippen LogP contribution in [-0.2, 0) is 19.2 Å². The Balaban J connectivity index is 1.76. The van der Waals surface area contributed by atoms with Gasteiger partial charge >= 0.3 is 0 Å². The van der Waals surface area contributed by atoms with Crippen LogP contribution in [0.5, 0.6) is 5.75 Å². The van der Waals surface area contributed by atoms with E-state index in [0.717, 1.165) is 21.9 Å². The molecule has 3 fully saturated rings. The minimum absolute atomic E-state index is 0.107. The number of phenolic OH excluding ortho intramolecular Hbond substituents is 1. The first-order valence-electron chi connectivity index (χ1n) is 10.1. The van der Waals surface area contributed by atoms with Crippen LogP contribution in [0.1, 0.15) is 24.3 Å². The predicted octanol–water partition coefficient (Wildman–Crippen LogP) is 2.15. The summed E-state index contributed by atoms with van der Waals surface area (Å²) in [6.45, 7) is 0. The third-order valence-corrected chi connectivity index (χ3v) is 8.95. The number of fused-ring (bicyclic) bond motifs is 4. The van der Waals surface area contributed by atoms with E-state index in [1.54, 1.807) is 6.08 Å². The summed E-state index contributed by atoms with van der Waals surface area (Å²) in [5, 5.41) is 9.66. The Morgan fingerprint density at radius 2 is 1.72 bits per heavy atom. The van der Waals surface area contributed by atoms with Gasteiger partial charge in [-0.2, -0.15) is 0 Å². The van der Waals surface area contributed by atoms with Gasteiger partial charge in [0, 0.05) is 20.0 Å². The standard InChI is InChI=1S/C22H19Cl2FN2O5/c1-26-17(29)11-5-4-10-12(15(11)18(26)30)8-21(23)19(31)27(2)20(32)22(21,24)16(10)9-3-6-14(28)13(25)7-9/h3-4,6-7,11-12,15-16,28H,5,8H2,1-2H3/t11-,12+,15-,16-,21+,22-/m0/s1. The number of likely N-dealkylation sites (tertiary alicyclic amines) is 2. The summed E-state index contributed by atoms with van der Waals surface area (Å²) in [4.78, 5) is 50.1. The number of carbonyl (C=O) groups is 4. The van der Waals surface area contributed by atoms with Gasteiger partial charge in [-0.3, -0.25) is 29.0 Å². The second-order valence-electron chi connectivity index (χ2n) is 8.94. The minimum Gasteiger partial charge on any atom is -0.505 e. The zero-order valence-electron chi connectivity index (χ0n) is 17.1. The zero-order chi connectivity index (χ0) is 23.3. The number of hydrogen-bond donors (Lipinski definition) is 1. The molecule has 1 saturated carbocycles. The van der Waals surface area contributed by atoms with Gasteiger partial charge in [0.15, 0.2) is 21.3 Å². The van der Waals surface area contributed by atoms with Crippen LogP contribution in [-0.4, -0.2) is 62.4 Å². The number of aromatic hydroxyl groups is 1. The molecule has 10 heteroatoms. The van der Waals surface area contributed by atoms with Crippen molar-refractivity contribution in [1.82, 2.24) is 9.80 Å². The molecule has 1 aromatic rings. The molecule has 4 aliphatic rings. The Kier molecular flexibility index (Phi) is 4.38. The van der Waals surface area contributed by atoms with E-state index in [9.17, 15) is 28.7 Å². The van der Waals surface area contributed by atoms with Crippen LogP contribution < -0.4 is 0 Å². The molecule has 7 nitrogen and oxygen atoms in total. The third-order valence-electron chi connectivity index (χ3n) is 7.54. The van der Waals surface area contributed by atoms with Gasteiger partial charge in [-0.1, -0.05) is 17.7 Å². The van der Waals surface area contributed by atoms with Crippen molar-refractivity contribution in [3.05, 3.63) is 41.2 Å². The summed E-state index contributed by atoms with van der Waals surface area (Å²) in [7, 11) is 2.70. The molecule has 0 radical (unpaired) electrons. The number of alkyl halides is 2. The summed E-state index contributed by atoms with van der Waals surface area (Å²) in [6, 6.07) is 3.61. The number of imide groups is 2. The summed E-state index contributed by atoms with van der Waals surface area (Å²) < 4.78 is 14.3. The normalized spacial score (nSPS) is 38.6. The Bertz CT molecular complexity index is 1160. The van der Waals surface area contributed by atoms with Crippen molar-refractivity contribution < 1.29 is 28.7 Å². The largest absolute Gasteiger partial charge is 0.505 e. The molecule has 6 atom stereocenters. The molecule has 168 valence electrons. The van der Waals surface area contributed by atoms with Crippen LogP contribution in [0.15, 0.2) is 29.8 Å². The highest BCUT2D eigenvalue weighted by Gasteiger charge is 2.75. The van der Waals surface area contributed by atoms with Crippen molar-refractivity contribution in [1.29, 1.82) is 0 Å². The minimum atomic E-state index is -1.96. The molecule has 4 amide bonds. The van der Waals surface area contributed by atoms with Gasteiger partial charge in [-0.15, -0.1) is 23.2 Å². The average Bonchev–Trinajstić information content (AvgIpc) is 3.05. The highest BCUT2D eigenvalue weighted by molar-refractivity contribution is 6.53. The summed E-state index contributed by atoms with van der Waals surface area (Å²) in [5.74, 6) is -6.61. The molecule has 0 bridgehead atoms. The van der Waals surface area contributed by atoms with Gasteiger partial charge in [0.2, 0.25) is 11.8 Å². The Hall–Kier alpha value is -2.45. The van der Waals surface area contributed by atoms with Crippen LogP contribution in [0.25, 0.3) is 0 Å². The van der Waals surface area contributed by atoms with Gasteiger partial charge in [-0.05, 0) is 36.5 Å². The molecule has 2 aliphatic carbocycles. The van der Waals surface area contributed by atoms with E-state index in [0.29, 0.717) is 5.57 Å². The highest BCUT2D eigenvalue weighted by Crippen LogP contribution is 2.65. The first kappa shape index (κ1) is 21.4. The number of allylic oxidation sites excluding steroid dienone is 2. The molecular weight excluding hydrogens is 462 g/mol. The number of carbonyl (C=O) groups excluding carboxylic acids is 4. The second-order valence-corrected chi connectivity index (χ2v) is 10.2. The van der Waals surface area contributed by atoms with Crippen LogP contribution >= 0.6 is 23.2 Å². The van der Waals surface area contributed by atoms with Gasteiger partial charge < -0.3 is 5.11 Å². The van der Waals surface area contributed by atoms with Gasteiger partial charge in [0.25, 0.3) is 11.8 Å². The first-order chi connectivity index (χ1) is 14.9. The topological polar surface area (TPSA) is 95.0 Å². The smallest absolute Gasteiger partial charge is 0.253 e. The summed E-state index contributed by atoms with van der Waals surface area (Å²) in [5.41, 5.74) is 0.826. The fourth-order valence-electron chi connectivity index (χ4n) is 5.98. The van der Waals surface area contributed by atoms with E-state index in [1.807, 2.05) is 0 Å².